The van der Waals surface area contributed by atoms with Crippen molar-refractivity contribution >= 4 is 23.2 Å². The highest BCUT2D eigenvalue weighted by atomic mass is 35.5. The predicted octanol–water partition coefficient (Wildman–Crippen LogP) is 6.00. The summed E-state index contributed by atoms with van der Waals surface area (Å²) < 4.78 is 5.31. The number of amides is 1. The Morgan fingerprint density at radius 2 is 1.66 bits per heavy atom. The van der Waals surface area contributed by atoms with Crippen LogP contribution in [0.1, 0.15) is 42.3 Å². The average Bonchev–Trinajstić information content (AvgIpc) is 2.83. The number of rotatable bonds is 9. The summed E-state index contributed by atoms with van der Waals surface area (Å²) >= 11 is 6.05. The molecule has 1 aliphatic heterocycles. The van der Waals surface area contributed by atoms with Crippen molar-refractivity contribution in [3.8, 4) is 5.75 Å². The Morgan fingerprint density at radius 1 is 0.969 bits per heavy atom. The average molecular weight is 450 g/mol. The van der Waals surface area contributed by atoms with Crippen molar-refractivity contribution in [2.45, 2.75) is 31.2 Å². The number of benzene rings is 3. The molecular formula is C27H28ClNO3. The normalized spacial score (nSPS) is 18.8. The maximum atomic E-state index is 13.3. The van der Waals surface area contributed by atoms with E-state index in [1.807, 2.05) is 83.8 Å². The largest absolute Gasteiger partial charge is 0.497 e. The lowest BCUT2D eigenvalue weighted by Crippen LogP contribution is -2.55. The molecule has 0 radical (unpaired) electrons. The molecule has 1 amide bonds. The first-order chi connectivity index (χ1) is 15.6. The van der Waals surface area contributed by atoms with Crippen LogP contribution in [0.5, 0.6) is 5.75 Å². The van der Waals surface area contributed by atoms with Crippen molar-refractivity contribution in [1.82, 2.24) is 0 Å². The van der Waals surface area contributed by atoms with E-state index in [2.05, 4.69) is 0 Å². The van der Waals surface area contributed by atoms with Gasteiger partial charge in [-0.3, -0.25) is 4.79 Å². The van der Waals surface area contributed by atoms with E-state index in [1.165, 1.54) is 0 Å². The molecule has 0 saturated carbocycles. The summed E-state index contributed by atoms with van der Waals surface area (Å²) in [6, 6.07) is 25.6. The van der Waals surface area contributed by atoms with E-state index >= 15 is 0 Å². The molecule has 0 bridgehead atoms. The molecule has 32 heavy (non-hydrogen) atoms. The number of carbonyl (C=O) groups is 1. The van der Waals surface area contributed by atoms with Gasteiger partial charge in [0.25, 0.3) is 0 Å². The molecule has 5 heteroatoms. The van der Waals surface area contributed by atoms with Crippen LogP contribution in [0.2, 0.25) is 5.02 Å². The van der Waals surface area contributed by atoms with Crippen LogP contribution in [-0.4, -0.2) is 24.7 Å². The zero-order valence-corrected chi connectivity index (χ0v) is 18.9. The Hall–Kier alpha value is -2.82. The summed E-state index contributed by atoms with van der Waals surface area (Å²) in [5, 5.41) is 10.3. The molecule has 3 aromatic carbocycles. The Balaban J connectivity index is 1.56. The zero-order chi connectivity index (χ0) is 22.5. The molecule has 1 aliphatic rings. The highest BCUT2D eigenvalue weighted by molar-refractivity contribution is 6.30. The molecule has 4 rings (SSSR count). The third kappa shape index (κ3) is 4.67. The first-order valence-corrected chi connectivity index (χ1v) is 11.4. The van der Waals surface area contributed by atoms with Crippen molar-refractivity contribution in [1.29, 1.82) is 0 Å². The van der Waals surface area contributed by atoms with E-state index in [4.69, 9.17) is 16.3 Å². The van der Waals surface area contributed by atoms with Gasteiger partial charge >= 0.3 is 0 Å². The van der Waals surface area contributed by atoms with Gasteiger partial charge in [-0.1, -0.05) is 54.1 Å². The summed E-state index contributed by atoms with van der Waals surface area (Å²) in [7, 11) is 1.65. The van der Waals surface area contributed by atoms with Gasteiger partial charge in [0, 0.05) is 17.3 Å². The number of hydrogen-bond donors (Lipinski definition) is 1. The molecule has 1 heterocycles. The highest BCUT2D eigenvalue weighted by Crippen LogP contribution is 2.46. The first kappa shape index (κ1) is 22.4. The van der Waals surface area contributed by atoms with Crippen LogP contribution in [-0.2, 0) is 4.79 Å². The topological polar surface area (TPSA) is 49.8 Å². The molecule has 4 nitrogen and oxygen atoms in total. The lowest BCUT2D eigenvalue weighted by atomic mass is 9.76. The quantitative estimate of drug-likeness (QED) is 0.407. The summed E-state index contributed by atoms with van der Waals surface area (Å²) in [5.74, 6) is 1.04. The molecule has 0 aliphatic carbocycles. The van der Waals surface area contributed by atoms with E-state index < -0.39 is 0 Å². The van der Waals surface area contributed by atoms with Crippen molar-refractivity contribution < 1.29 is 14.6 Å². The molecule has 3 aromatic rings. The Labute approximate surface area is 194 Å². The monoisotopic (exact) mass is 449 g/mol. The van der Waals surface area contributed by atoms with Crippen molar-refractivity contribution in [2.75, 3.05) is 18.6 Å². The lowest BCUT2D eigenvalue weighted by Gasteiger charge is -2.48. The predicted molar refractivity (Wildman–Crippen MR) is 128 cm³/mol. The number of halogens is 1. The van der Waals surface area contributed by atoms with Gasteiger partial charge in [0.15, 0.2) is 0 Å². The van der Waals surface area contributed by atoms with Crippen LogP contribution in [0.25, 0.3) is 0 Å². The van der Waals surface area contributed by atoms with E-state index in [1.54, 1.807) is 7.11 Å². The van der Waals surface area contributed by atoms with Crippen molar-refractivity contribution in [3.63, 3.8) is 0 Å². The fourth-order valence-electron chi connectivity index (χ4n) is 4.64. The Kier molecular flexibility index (Phi) is 7.13. The molecule has 0 unspecified atom stereocenters. The van der Waals surface area contributed by atoms with Crippen molar-refractivity contribution in [3.05, 3.63) is 95.0 Å². The van der Waals surface area contributed by atoms with Gasteiger partial charge in [-0.25, -0.2) is 0 Å². The maximum Gasteiger partial charge on any atom is 0.233 e. The second kappa shape index (κ2) is 10.2. The number of methoxy groups -OCH3 is 1. The van der Waals surface area contributed by atoms with Crippen LogP contribution >= 0.6 is 11.6 Å². The number of aliphatic hydroxyl groups is 1. The smallest absolute Gasteiger partial charge is 0.233 e. The van der Waals surface area contributed by atoms with Crippen LogP contribution in [0.4, 0.5) is 5.69 Å². The molecule has 0 spiro atoms. The van der Waals surface area contributed by atoms with Gasteiger partial charge in [0.2, 0.25) is 5.91 Å². The van der Waals surface area contributed by atoms with E-state index in [-0.39, 0.29) is 30.4 Å². The van der Waals surface area contributed by atoms with E-state index in [0.717, 1.165) is 35.4 Å². The number of nitrogens with zero attached hydrogens (tertiary/aromatic N) is 1. The summed E-state index contributed by atoms with van der Waals surface area (Å²) in [6.45, 7) is 0.115. The number of carbonyl (C=O) groups excluding carboxylic acids is 1. The summed E-state index contributed by atoms with van der Waals surface area (Å²) in [4.78, 5) is 15.2. The molecule has 3 atom stereocenters. The van der Waals surface area contributed by atoms with Gasteiger partial charge < -0.3 is 14.7 Å². The zero-order valence-electron chi connectivity index (χ0n) is 18.2. The van der Waals surface area contributed by atoms with Gasteiger partial charge in [-0.2, -0.15) is 0 Å². The van der Waals surface area contributed by atoms with Crippen LogP contribution < -0.4 is 9.64 Å². The van der Waals surface area contributed by atoms with Gasteiger partial charge in [0.05, 0.1) is 19.1 Å². The van der Waals surface area contributed by atoms with Crippen LogP contribution in [0.15, 0.2) is 78.9 Å². The minimum Gasteiger partial charge on any atom is -0.497 e. The third-order valence-corrected chi connectivity index (χ3v) is 6.60. The van der Waals surface area contributed by atoms with Crippen LogP contribution in [0.3, 0.4) is 0 Å². The molecule has 1 saturated heterocycles. The van der Waals surface area contributed by atoms with Crippen LogP contribution in [0, 0.1) is 5.92 Å². The Bertz CT molecular complexity index is 1020. The van der Waals surface area contributed by atoms with Crippen molar-refractivity contribution in [2.24, 2.45) is 5.92 Å². The fourth-order valence-corrected chi connectivity index (χ4v) is 4.76. The number of β-lactam (4-membered cyclic amide) rings is 1. The summed E-state index contributed by atoms with van der Waals surface area (Å²) in [5.41, 5.74) is 3.17. The van der Waals surface area contributed by atoms with Gasteiger partial charge in [-0.05, 0) is 72.7 Å². The number of para-hydroxylation sites is 1. The minimum absolute atomic E-state index is 0.0178. The SMILES string of the molecule is COc1ccc([C@@H]2[C@@H](CC[C@H](CCO)c3ccc(Cl)cc3)C(=O)N2c2ccccc2)cc1. The lowest BCUT2D eigenvalue weighted by molar-refractivity contribution is -0.130. The van der Waals surface area contributed by atoms with Gasteiger partial charge in [-0.15, -0.1) is 0 Å². The molecule has 166 valence electrons. The molecule has 1 fully saturated rings. The van der Waals surface area contributed by atoms with Gasteiger partial charge in [0.1, 0.15) is 5.75 Å². The second-order valence-electron chi connectivity index (χ2n) is 8.21. The molecule has 1 N–H and O–H groups in total. The summed E-state index contributed by atoms with van der Waals surface area (Å²) in [6.07, 6.45) is 2.25. The highest BCUT2D eigenvalue weighted by Gasteiger charge is 2.48. The number of anilines is 1. The van der Waals surface area contributed by atoms with E-state index in [9.17, 15) is 9.90 Å². The molecule has 0 aromatic heterocycles. The fraction of sp³-hybridized carbons (Fsp3) is 0.296. The number of ether oxygens (including phenoxy) is 1. The maximum absolute atomic E-state index is 13.3. The second-order valence-corrected chi connectivity index (χ2v) is 8.64. The Morgan fingerprint density at radius 3 is 2.28 bits per heavy atom. The third-order valence-electron chi connectivity index (χ3n) is 6.35. The standard InChI is InChI=1S/C27H28ClNO3/c1-32-24-14-9-21(10-15-24)26-25(27(31)29(26)23-5-3-2-4-6-23)16-11-20(17-18-30)19-7-12-22(28)13-8-19/h2-10,12-15,20,25-26,30H,11,16-18H2,1H3/t20-,25-,26-/m1/s1. The minimum atomic E-state index is -0.0999. The number of aliphatic hydroxyl groups excluding tert-OH is 1. The first-order valence-electron chi connectivity index (χ1n) is 11.0. The van der Waals surface area contributed by atoms with E-state index in [0.29, 0.717) is 11.4 Å². The number of hydrogen-bond acceptors (Lipinski definition) is 3. The molecular weight excluding hydrogens is 422 g/mol.